The number of benzene rings is 1. The zero-order valence-corrected chi connectivity index (χ0v) is 19.7. The summed E-state index contributed by atoms with van der Waals surface area (Å²) in [7, 11) is -0.699. The molecule has 1 amide bonds. The highest BCUT2D eigenvalue weighted by atomic mass is 32.2. The van der Waals surface area contributed by atoms with Crippen LogP contribution in [-0.4, -0.2) is 88.6 Å². The fourth-order valence-electron chi connectivity index (χ4n) is 4.35. The minimum absolute atomic E-state index is 0.0601. The number of ether oxygens (including phenoxy) is 2. The number of rotatable bonds is 8. The van der Waals surface area contributed by atoms with Crippen LogP contribution in [0.25, 0.3) is 0 Å². The fourth-order valence-corrected chi connectivity index (χ4v) is 5.26. The molecule has 32 heavy (non-hydrogen) atoms. The van der Waals surface area contributed by atoms with Gasteiger partial charge in [-0.1, -0.05) is 19.3 Å². The molecule has 178 valence electrons. The predicted octanol–water partition coefficient (Wildman–Crippen LogP) is 1.25. The monoisotopic (exact) mass is 467 g/mol. The van der Waals surface area contributed by atoms with Gasteiger partial charge in [-0.2, -0.15) is 0 Å². The Morgan fingerprint density at radius 3 is 2.31 bits per heavy atom. The Morgan fingerprint density at radius 2 is 1.72 bits per heavy atom. The van der Waals surface area contributed by atoms with Gasteiger partial charge in [0.05, 0.1) is 23.7 Å². The van der Waals surface area contributed by atoms with Crippen molar-refractivity contribution in [2.75, 3.05) is 53.6 Å². The maximum Gasteiger partial charge on any atom is 0.338 e. The maximum atomic E-state index is 12.4. The normalized spacial score (nSPS) is 19.5. The lowest BCUT2D eigenvalue weighted by atomic mass is 9.79. The zero-order chi connectivity index (χ0) is 23.2. The Labute approximate surface area is 190 Å². The summed E-state index contributed by atoms with van der Waals surface area (Å²) in [5.74, 6) is -1.02. The lowest BCUT2D eigenvalue weighted by Crippen LogP contribution is -2.59. The van der Waals surface area contributed by atoms with E-state index in [0.29, 0.717) is 19.8 Å². The second-order valence-corrected chi connectivity index (χ2v) is 10.7. The van der Waals surface area contributed by atoms with E-state index in [0.717, 1.165) is 43.1 Å². The number of hydrogen-bond donors (Lipinski definition) is 1. The van der Waals surface area contributed by atoms with Crippen molar-refractivity contribution in [3.8, 4) is 0 Å². The smallest absolute Gasteiger partial charge is 0.338 e. The van der Waals surface area contributed by atoms with Gasteiger partial charge in [-0.05, 0) is 37.1 Å². The van der Waals surface area contributed by atoms with Crippen LogP contribution in [0.2, 0.25) is 0 Å². The molecule has 1 N–H and O–H groups in total. The number of morpholine rings is 1. The second-order valence-electron chi connectivity index (χ2n) is 8.55. The lowest BCUT2D eigenvalue weighted by molar-refractivity contribution is -0.125. The topological polar surface area (TPSA) is 105 Å². The van der Waals surface area contributed by atoms with E-state index >= 15 is 0 Å². The van der Waals surface area contributed by atoms with Gasteiger partial charge >= 0.3 is 5.97 Å². The van der Waals surface area contributed by atoms with E-state index in [2.05, 4.69) is 10.2 Å². The first-order chi connectivity index (χ1) is 15.2. The van der Waals surface area contributed by atoms with Crippen LogP contribution in [0.3, 0.4) is 0 Å². The summed E-state index contributed by atoms with van der Waals surface area (Å²) in [5, 5.41) is 2.96. The molecule has 1 aromatic carbocycles. The number of nitrogens with one attached hydrogen (secondary N) is 1. The molecule has 1 heterocycles. The van der Waals surface area contributed by atoms with Crippen molar-refractivity contribution >= 4 is 21.9 Å². The number of carbonyl (C=O) groups excluding carboxylic acids is 2. The molecule has 1 aliphatic carbocycles. The molecule has 0 aromatic heterocycles. The SMILES string of the molecule is CN(C)S(=O)(=O)c1ccc(C(=O)OCC(=O)NCC2(N3CCOCC3)CCCCC2)cc1. The summed E-state index contributed by atoms with van der Waals surface area (Å²) < 4.78 is 36.0. The van der Waals surface area contributed by atoms with Gasteiger partial charge in [0, 0.05) is 39.3 Å². The standard InChI is InChI=1S/C22H33N3O6S/c1-24(2)32(28,29)19-8-6-18(7-9-19)21(27)31-16-20(26)23-17-22(10-4-3-5-11-22)25-12-14-30-15-13-25/h6-9H,3-5,10-17H2,1-2H3,(H,23,26). The van der Waals surface area contributed by atoms with Crippen LogP contribution in [0.5, 0.6) is 0 Å². The quantitative estimate of drug-likeness (QED) is 0.574. The fraction of sp³-hybridized carbons (Fsp3) is 0.636. The third-order valence-electron chi connectivity index (χ3n) is 6.28. The van der Waals surface area contributed by atoms with E-state index < -0.39 is 16.0 Å². The zero-order valence-electron chi connectivity index (χ0n) is 18.8. The molecule has 2 aliphatic rings. The van der Waals surface area contributed by atoms with Gasteiger partial charge in [0.2, 0.25) is 10.0 Å². The molecule has 0 unspecified atom stereocenters. The highest BCUT2D eigenvalue weighted by molar-refractivity contribution is 7.89. The molecule has 0 radical (unpaired) electrons. The first kappa shape index (κ1) is 24.6. The van der Waals surface area contributed by atoms with E-state index in [1.165, 1.54) is 44.8 Å². The molecular formula is C22H33N3O6S. The summed E-state index contributed by atoms with van der Waals surface area (Å²) in [6, 6.07) is 5.46. The maximum absolute atomic E-state index is 12.4. The number of nitrogens with zero attached hydrogens (tertiary/aromatic N) is 2. The van der Waals surface area contributed by atoms with Gasteiger partial charge in [0.1, 0.15) is 0 Å². The second kappa shape index (κ2) is 10.7. The van der Waals surface area contributed by atoms with Crippen molar-refractivity contribution in [3.05, 3.63) is 29.8 Å². The van der Waals surface area contributed by atoms with E-state index in [-0.39, 0.29) is 28.5 Å². The highest BCUT2D eigenvalue weighted by Gasteiger charge is 2.38. The molecule has 1 aromatic rings. The molecule has 0 atom stereocenters. The number of carbonyl (C=O) groups is 2. The Bertz CT molecular complexity index is 889. The third kappa shape index (κ3) is 5.86. The minimum atomic E-state index is -3.57. The average Bonchev–Trinajstić information content (AvgIpc) is 2.82. The molecule has 0 bridgehead atoms. The van der Waals surface area contributed by atoms with Crippen LogP contribution in [0, 0.1) is 0 Å². The van der Waals surface area contributed by atoms with Crippen molar-refractivity contribution < 1.29 is 27.5 Å². The third-order valence-corrected chi connectivity index (χ3v) is 8.11. The summed E-state index contributed by atoms with van der Waals surface area (Å²) >= 11 is 0. The van der Waals surface area contributed by atoms with Gasteiger partial charge in [0.25, 0.3) is 5.91 Å². The Balaban J connectivity index is 1.52. The highest BCUT2D eigenvalue weighted by Crippen LogP contribution is 2.33. The largest absolute Gasteiger partial charge is 0.452 e. The number of amides is 1. The average molecular weight is 468 g/mol. The van der Waals surface area contributed by atoms with Gasteiger partial charge in [-0.15, -0.1) is 0 Å². The Morgan fingerprint density at radius 1 is 1.09 bits per heavy atom. The first-order valence-corrected chi connectivity index (χ1v) is 12.5. The van der Waals surface area contributed by atoms with E-state index in [1.54, 1.807) is 0 Å². The minimum Gasteiger partial charge on any atom is -0.452 e. The summed E-state index contributed by atoms with van der Waals surface area (Å²) in [6.45, 7) is 3.30. The molecule has 10 heteroatoms. The molecular weight excluding hydrogens is 434 g/mol. The summed E-state index contributed by atoms with van der Waals surface area (Å²) in [6.07, 6.45) is 5.57. The van der Waals surface area contributed by atoms with Gasteiger partial charge < -0.3 is 14.8 Å². The van der Waals surface area contributed by atoms with Crippen LogP contribution in [0.1, 0.15) is 42.5 Å². The van der Waals surface area contributed by atoms with Crippen LogP contribution >= 0.6 is 0 Å². The molecule has 1 saturated carbocycles. The Kier molecular flexibility index (Phi) is 8.26. The lowest BCUT2D eigenvalue weighted by Gasteiger charge is -2.48. The molecule has 3 rings (SSSR count). The van der Waals surface area contributed by atoms with Crippen LogP contribution in [-0.2, 0) is 24.3 Å². The van der Waals surface area contributed by atoms with E-state index in [4.69, 9.17) is 9.47 Å². The van der Waals surface area contributed by atoms with Crippen LogP contribution in [0.15, 0.2) is 29.2 Å². The van der Waals surface area contributed by atoms with Gasteiger partial charge in [-0.25, -0.2) is 17.5 Å². The van der Waals surface area contributed by atoms with Crippen molar-refractivity contribution in [1.29, 1.82) is 0 Å². The molecule has 1 saturated heterocycles. The van der Waals surface area contributed by atoms with Crippen molar-refractivity contribution in [3.63, 3.8) is 0 Å². The Hall–Kier alpha value is -2.01. The molecule has 2 fully saturated rings. The van der Waals surface area contributed by atoms with Crippen molar-refractivity contribution in [1.82, 2.24) is 14.5 Å². The van der Waals surface area contributed by atoms with E-state index in [1.807, 2.05) is 0 Å². The van der Waals surface area contributed by atoms with Gasteiger partial charge in [-0.3, -0.25) is 9.69 Å². The molecule has 9 nitrogen and oxygen atoms in total. The predicted molar refractivity (Wildman–Crippen MR) is 119 cm³/mol. The number of hydrogen-bond acceptors (Lipinski definition) is 7. The van der Waals surface area contributed by atoms with Crippen molar-refractivity contribution in [2.45, 2.75) is 42.5 Å². The molecule has 1 aliphatic heterocycles. The van der Waals surface area contributed by atoms with E-state index in [9.17, 15) is 18.0 Å². The number of sulfonamides is 1. The van der Waals surface area contributed by atoms with Crippen LogP contribution in [0.4, 0.5) is 0 Å². The molecule has 0 spiro atoms. The van der Waals surface area contributed by atoms with Gasteiger partial charge in [0.15, 0.2) is 6.61 Å². The summed E-state index contributed by atoms with van der Waals surface area (Å²) in [5.41, 5.74) is 0.128. The van der Waals surface area contributed by atoms with Crippen LogP contribution < -0.4 is 5.32 Å². The summed E-state index contributed by atoms with van der Waals surface area (Å²) in [4.78, 5) is 27.2. The number of esters is 1. The van der Waals surface area contributed by atoms with Crippen molar-refractivity contribution in [2.24, 2.45) is 0 Å². The first-order valence-electron chi connectivity index (χ1n) is 11.0.